The number of imide groups is 2. The fraction of sp³-hybridized carbons (Fsp3) is 0. The molecule has 34 heavy (non-hydrogen) atoms. The second-order valence-electron chi connectivity index (χ2n) is 7.32. The normalized spacial score (nSPS) is 14.5. The lowest BCUT2D eigenvalue weighted by atomic mass is 10.1. The standard InChI is InChI=1S/C22H10N4O8/c27-19-13-6-2-8-15(25(31)32)17(13)21(29)23(19)11-4-1-5-12(10-11)24-20(28)14-7-3-9-16(26(33)34)18(14)22(24)30/h1-10H. The molecule has 0 saturated heterocycles. The molecule has 2 aliphatic rings. The molecule has 0 saturated carbocycles. The zero-order valence-electron chi connectivity index (χ0n) is 16.8. The van der Waals surface area contributed by atoms with E-state index >= 15 is 0 Å². The SMILES string of the molecule is O=C1c2cccc([N+](=O)[O-])c2C(=O)N1c1cccc(N2C(=O)c3cccc([N+](=O)[O-])c3C2=O)c1. The number of carbonyl (C=O) groups excluding carboxylic acids is 4. The Labute approximate surface area is 188 Å². The van der Waals surface area contributed by atoms with Gasteiger partial charge in [-0.05, 0) is 30.3 Å². The zero-order chi connectivity index (χ0) is 24.3. The quantitative estimate of drug-likeness (QED) is 0.327. The fourth-order valence-corrected chi connectivity index (χ4v) is 4.08. The molecule has 166 valence electrons. The lowest BCUT2D eigenvalue weighted by Crippen LogP contribution is -2.31. The van der Waals surface area contributed by atoms with E-state index in [4.69, 9.17) is 0 Å². The third-order valence-corrected chi connectivity index (χ3v) is 5.53. The number of amides is 4. The van der Waals surface area contributed by atoms with Gasteiger partial charge in [0.05, 0.1) is 32.3 Å². The van der Waals surface area contributed by atoms with Crippen molar-refractivity contribution in [1.82, 2.24) is 0 Å². The second kappa shape index (κ2) is 7.13. The highest BCUT2D eigenvalue weighted by Gasteiger charge is 2.44. The van der Waals surface area contributed by atoms with Gasteiger partial charge in [0.25, 0.3) is 35.0 Å². The maximum Gasteiger partial charge on any atom is 0.283 e. The van der Waals surface area contributed by atoms with Crippen molar-refractivity contribution >= 4 is 46.4 Å². The second-order valence-corrected chi connectivity index (χ2v) is 7.32. The van der Waals surface area contributed by atoms with Gasteiger partial charge in [-0.15, -0.1) is 0 Å². The molecule has 0 N–H and O–H groups in total. The van der Waals surface area contributed by atoms with Crippen LogP contribution in [0.25, 0.3) is 0 Å². The lowest BCUT2D eigenvalue weighted by Gasteiger charge is -2.18. The summed E-state index contributed by atoms with van der Waals surface area (Å²) >= 11 is 0. The molecule has 0 aromatic heterocycles. The first-order chi connectivity index (χ1) is 16.2. The Balaban J connectivity index is 1.57. The highest BCUT2D eigenvalue weighted by molar-refractivity contribution is 6.37. The Morgan fingerprint density at radius 1 is 0.559 bits per heavy atom. The number of hydrogen-bond donors (Lipinski definition) is 0. The minimum Gasteiger partial charge on any atom is -0.268 e. The number of nitro benzene ring substituents is 2. The van der Waals surface area contributed by atoms with Gasteiger partial charge in [-0.2, -0.15) is 0 Å². The molecule has 0 atom stereocenters. The number of nitrogens with zero attached hydrogens (tertiary/aromatic N) is 4. The minimum absolute atomic E-state index is 0.0379. The van der Waals surface area contributed by atoms with E-state index in [1.165, 1.54) is 48.5 Å². The summed E-state index contributed by atoms with van der Waals surface area (Å²) < 4.78 is 0. The van der Waals surface area contributed by atoms with Crippen molar-refractivity contribution in [2.45, 2.75) is 0 Å². The highest BCUT2D eigenvalue weighted by atomic mass is 16.6. The molecule has 3 aromatic carbocycles. The third-order valence-electron chi connectivity index (χ3n) is 5.53. The van der Waals surface area contributed by atoms with Crippen LogP contribution in [0.3, 0.4) is 0 Å². The van der Waals surface area contributed by atoms with Crippen LogP contribution >= 0.6 is 0 Å². The summed E-state index contributed by atoms with van der Waals surface area (Å²) in [5.74, 6) is -3.47. The molecule has 0 spiro atoms. The average molecular weight is 458 g/mol. The Morgan fingerprint density at radius 3 is 1.32 bits per heavy atom. The number of benzene rings is 3. The summed E-state index contributed by atoms with van der Waals surface area (Å²) in [6, 6.07) is 12.7. The molecule has 2 aliphatic heterocycles. The van der Waals surface area contributed by atoms with Crippen LogP contribution in [0.2, 0.25) is 0 Å². The van der Waals surface area contributed by atoms with Crippen molar-refractivity contribution in [1.29, 1.82) is 0 Å². The van der Waals surface area contributed by atoms with Gasteiger partial charge in [0, 0.05) is 12.1 Å². The van der Waals surface area contributed by atoms with Crippen molar-refractivity contribution in [3.8, 4) is 0 Å². The zero-order valence-corrected chi connectivity index (χ0v) is 16.8. The molecule has 5 rings (SSSR count). The smallest absolute Gasteiger partial charge is 0.268 e. The van der Waals surface area contributed by atoms with Crippen molar-refractivity contribution in [2.24, 2.45) is 0 Å². The molecular formula is C22H10N4O8. The number of hydrogen-bond acceptors (Lipinski definition) is 8. The number of anilines is 2. The third kappa shape index (κ3) is 2.72. The monoisotopic (exact) mass is 458 g/mol. The van der Waals surface area contributed by atoms with E-state index in [1.807, 2.05) is 0 Å². The summed E-state index contributed by atoms with van der Waals surface area (Å²) in [6.45, 7) is 0. The first kappa shape index (κ1) is 20.6. The van der Waals surface area contributed by atoms with E-state index in [0.717, 1.165) is 12.1 Å². The molecule has 4 amide bonds. The van der Waals surface area contributed by atoms with Gasteiger partial charge >= 0.3 is 0 Å². The van der Waals surface area contributed by atoms with Crippen LogP contribution in [-0.2, 0) is 0 Å². The van der Waals surface area contributed by atoms with E-state index < -0.39 is 44.9 Å². The molecule has 0 aliphatic carbocycles. The Bertz CT molecular complexity index is 1400. The summed E-state index contributed by atoms with van der Waals surface area (Å²) in [4.78, 5) is 74.3. The number of nitro groups is 2. The highest BCUT2D eigenvalue weighted by Crippen LogP contribution is 2.38. The van der Waals surface area contributed by atoms with E-state index in [-0.39, 0.29) is 33.6 Å². The Hall–Kier alpha value is -5.26. The summed E-state index contributed by atoms with van der Waals surface area (Å²) in [5, 5.41) is 22.7. The molecule has 12 heteroatoms. The van der Waals surface area contributed by atoms with Crippen molar-refractivity contribution in [3.63, 3.8) is 0 Å². The predicted octanol–water partition coefficient (Wildman–Crippen LogP) is 3.10. The van der Waals surface area contributed by atoms with E-state index in [1.54, 1.807) is 0 Å². The molecule has 12 nitrogen and oxygen atoms in total. The predicted molar refractivity (Wildman–Crippen MR) is 115 cm³/mol. The maximum absolute atomic E-state index is 13.0. The maximum atomic E-state index is 13.0. The van der Waals surface area contributed by atoms with Gasteiger partial charge in [-0.3, -0.25) is 39.4 Å². The largest absolute Gasteiger partial charge is 0.283 e. The number of carbonyl (C=O) groups is 4. The van der Waals surface area contributed by atoms with Crippen LogP contribution in [-0.4, -0.2) is 33.5 Å². The number of fused-ring (bicyclic) bond motifs is 2. The topological polar surface area (TPSA) is 161 Å². The van der Waals surface area contributed by atoms with E-state index in [9.17, 15) is 39.4 Å². The van der Waals surface area contributed by atoms with Crippen LogP contribution in [0, 0.1) is 20.2 Å². The van der Waals surface area contributed by atoms with Crippen molar-refractivity contribution < 1.29 is 29.0 Å². The molecule has 0 radical (unpaired) electrons. The van der Waals surface area contributed by atoms with Crippen LogP contribution in [0.15, 0.2) is 60.7 Å². The van der Waals surface area contributed by atoms with Gasteiger partial charge < -0.3 is 0 Å². The Kier molecular flexibility index (Phi) is 4.33. The molecular weight excluding hydrogens is 448 g/mol. The summed E-state index contributed by atoms with van der Waals surface area (Å²) in [7, 11) is 0. The molecule has 0 unspecified atom stereocenters. The average Bonchev–Trinajstić information content (AvgIpc) is 3.23. The fourth-order valence-electron chi connectivity index (χ4n) is 4.08. The molecule has 3 aromatic rings. The Morgan fingerprint density at radius 2 is 0.941 bits per heavy atom. The van der Waals surface area contributed by atoms with E-state index in [2.05, 4.69) is 0 Å². The van der Waals surface area contributed by atoms with Gasteiger partial charge in [0.1, 0.15) is 11.1 Å². The van der Waals surface area contributed by atoms with E-state index in [0.29, 0.717) is 9.80 Å². The van der Waals surface area contributed by atoms with Crippen molar-refractivity contribution in [3.05, 3.63) is 103 Å². The van der Waals surface area contributed by atoms with Crippen LogP contribution in [0.1, 0.15) is 41.4 Å². The number of rotatable bonds is 4. The first-order valence-corrected chi connectivity index (χ1v) is 9.65. The van der Waals surface area contributed by atoms with Gasteiger partial charge in [0.15, 0.2) is 0 Å². The summed E-state index contributed by atoms with van der Waals surface area (Å²) in [5.41, 5.74) is -2.15. The van der Waals surface area contributed by atoms with Gasteiger partial charge in [-0.25, -0.2) is 9.80 Å². The van der Waals surface area contributed by atoms with Crippen LogP contribution in [0.5, 0.6) is 0 Å². The minimum atomic E-state index is -0.928. The summed E-state index contributed by atoms with van der Waals surface area (Å²) in [6.07, 6.45) is 0. The van der Waals surface area contributed by atoms with Crippen molar-refractivity contribution in [2.75, 3.05) is 9.80 Å². The van der Waals surface area contributed by atoms with Crippen LogP contribution < -0.4 is 9.80 Å². The molecule has 0 bridgehead atoms. The van der Waals surface area contributed by atoms with Gasteiger partial charge in [0.2, 0.25) is 0 Å². The van der Waals surface area contributed by atoms with Crippen LogP contribution in [0.4, 0.5) is 22.7 Å². The molecule has 0 fully saturated rings. The van der Waals surface area contributed by atoms with Gasteiger partial charge in [-0.1, -0.05) is 18.2 Å². The molecule has 2 heterocycles. The lowest BCUT2D eigenvalue weighted by molar-refractivity contribution is -0.385. The first-order valence-electron chi connectivity index (χ1n) is 9.65.